The molecule has 19 heteroatoms. The van der Waals surface area contributed by atoms with Crippen LogP contribution in [-0.4, -0.2) is 193 Å². The van der Waals surface area contributed by atoms with E-state index in [1.54, 1.807) is 6.08 Å². The Morgan fingerprint density at radius 3 is 1.01 bits per heavy atom. The Kier molecular flexibility index (Phi) is 56.8. The highest BCUT2D eigenvalue weighted by molar-refractivity contribution is 5.76. The molecular weight excluding hydrogens is 1260 g/mol. The molecule has 19 nitrogen and oxygen atoms in total. The molecule has 3 fully saturated rings. The fourth-order valence-electron chi connectivity index (χ4n) is 14.2. The average molecular weight is 1420 g/mol. The van der Waals surface area contributed by atoms with Gasteiger partial charge >= 0.3 is 0 Å². The number of ether oxygens (including phenoxy) is 6. The zero-order valence-corrected chi connectivity index (χ0v) is 62.5. The molecule has 0 spiro atoms. The van der Waals surface area contributed by atoms with Gasteiger partial charge in [-0.05, 0) is 32.1 Å². The summed E-state index contributed by atoms with van der Waals surface area (Å²) in [6, 6.07) is -0.988. The number of aliphatic hydroxyl groups excluding tert-OH is 11. The number of hydrogen-bond donors (Lipinski definition) is 12. The minimum Gasteiger partial charge on any atom is -0.394 e. The summed E-state index contributed by atoms with van der Waals surface area (Å²) in [6.07, 6.45) is 47.6. The van der Waals surface area contributed by atoms with Crippen LogP contribution in [0.5, 0.6) is 0 Å². The molecule has 0 aromatic heterocycles. The van der Waals surface area contributed by atoms with E-state index in [1.165, 1.54) is 276 Å². The van der Waals surface area contributed by atoms with E-state index >= 15 is 0 Å². The van der Waals surface area contributed by atoms with Gasteiger partial charge in [0, 0.05) is 6.42 Å². The quantitative estimate of drug-likeness (QED) is 0.0199. The number of amides is 1. The monoisotopic (exact) mass is 1410 g/mol. The summed E-state index contributed by atoms with van der Waals surface area (Å²) in [5.74, 6) is -0.278. The summed E-state index contributed by atoms with van der Waals surface area (Å²) in [6.45, 7) is 1.78. The van der Waals surface area contributed by atoms with Crippen molar-refractivity contribution in [1.82, 2.24) is 5.32 Å². The standard InChI is InChI=1S/C80H151NO18/c1-3-5-7-9-11-13-15-17-19-21-23-25-26-27-28-29-30-31-32-33-34-35-36-38-39-41-43-45-47-49-51-53-55-57-64(85)63(81-68(86)58-56-54-52-50-48-46-44-42-40-37-24-22-20-18-16-14-12-10-8-6-4-2)62-94-78-74(92)71(89)76(66(60-83)96-78)99-80-75(93)72(90)77(67(61-84)97-80)98-79-73(91)70(88)69(87)65(59-82)95-79/h47,49,55,57,63-67,69-80,82-85,87-93H,3-46,48,50-54,56,58-62H2,1-2H3,(H,81,86)/b49-47+,57-55+. The molecule has 0 radical (unpaired) electrons. The molecule has 3 heterocycles. The van der Waals surface area contributed by atoms with Crippen molar-refractivity contribution in [2.75, 3.05) is 26.4 Å². The van der Waals surface area contributed by atoms with Crippen LogP contribution in [0.15, 0.2) is 24.3 Å². The Labute approximate surface area is 600 Å². The average Bonchev–Trinajstić information content (AvgIpc) is 0.783. The van der Waals surface area contributed by atoms with Gasteiger partial charge in [-0.1, -0.05) is 334 Å². The molecule has 0 saturated carbocycles. The molecule has 584 valence electrons. The van der Waals surface area contributed by atoms with Crippen LogP contribution in [0.2, 0.25) is 0 Å². The smallest absolute Gasteiger partial charge is 0.220 e. The van der Waals surface area contributed by atoms with Crippen LogP contribution < -0.4 is 5.32 Å². The molecule has 17 unspecified atom stereocenters. The number of carbonyl (C=O) groups excluding carboxylic acids is 1. The van der Waals surface area contributed by atoms with E-state index in [2.05, 4.69) is 31.3 Å². The Morgan fingerprint density at radius 2 is 0.646 bits per heavy atom. The van der Waals surface area contributed by atoms with Crippen LogP contribution in [0, 0.1) is 0 Å². The number of allylic oxidation sites excluding steroid dienone is 3. The van der Waals surface area contributed by atoms with Gasteiger partial charge in [0.2, 0.25) is 5.91 Å². The Balaban J connectivity index is 1.37. The van der Waals surface area contributed by atoms with Crippen molar-refractivity contribution in [2.24, 2.45) is 0 Å². The van der Waals surface area contributed by atoms with Gasteiger partial charge in [-0.15, -0.1) is 0 Å². The third-order valence-electron chi connectivity index (χ3n) is 20.8. The maximum absolute atomic E-state index is 13.5. The number of carbonyl (C=O) groups is 1. The summed E-state index contributed by atoms with van der Waals surface area (Å²) >= 11 is 0. The maximum Gasteiger partial charge on any atom is 0.220 e. The van der Waals surface area contributed by atoms with Crippen molar-refractivity contribution in [3.63, 3.8) is 0 Å². The lowest BCUT2D eigenvalue weighted by molar-refractivity contribution is -0.379. The number of rotatable bonds is 66. The molecule has 3 rings (SSSR count). The number of nitrogens with one attached hydrogen (secondary N) is 1. The topological polar surface area (TPSA) is 307 Å². The largest absolute Gasteiger partial charge is 0.394 e. The van der Waals surface area contributed by atoms with Crippen LogP contribution in [0.25, 0.3) is 0 Å². The van der Waals surface area contributed by atoms with E-state index in [0.717, 1.165) is 38.5 Å². The molecule has 0 aromatic carbocycles. The molecule has 12 N–H and O–H groups in total. The van der Waals surface area contributed by atoms with Gasteiger partial charge in [-0.25, -0.2) is 0 Å². The van der Waals surface area contributed by atoms with Crippen molar-refractivity contribution in [3.05, 3.63) is 24.3 Å². The highest BCUT2D eigenvalue weighted by atomic mass is 16.8. The Bertz CT molecular complexity index is 1880. The molecule has 3 aliphatic rings. The first-order valence-corrected chi connectivity index (χ1v) is 41.1. The normalized spacial score (nSPS) is 26.7. The molecular formula is C80H151NO18. The second-order valence-electron chi connectivity index (χ2n) is 29.6. The van der Waals surface area contributed by atoms with Gasteiger partial charge in [-0.3, -0.25) is 4.79 Å². The molecule has 0 bridgehead atoms. The second-order valence-corrected chi connectivity index (χ2v) is 29.6. The van der Waals surface area contributed by atoms with Crippen LogP contribution >= 0.6 is 0 Å². The van der Waals surface area contributed by atoms with Crippen molar-refractivity contribution in [2.45, 2.75) is 452 Å². The summed E-state index contributed by atoms with van der Waals surface area (Å²) in [4.78, 5) is 13.5. The summed E-state index contributed by atoms with van der Waals surface area (Å²) in [5, 5.41) is 121. The van der Waals surface area contributed by atoms with Crippen molar-refractivity contribution in [1.29, 1.82) is 0 Å². The lowest BCUT2D eigenvalue weighted by Crippen LogP contribution is -2.66. The first kappa shape index (κ1) is 91.5. The minimum atomic E-state index is -1.98. The first-order valence-electron chi connectivity index (χ1n) is 41.1. The number of hydrogen-bond acceptors (Lipinski definition) is 18. The third-order valence-corrected chi connectivity index (χ3v) is 20.8. The van der Waals surface area contributed by atoms with E-state index in [4.69, 9.17) is 28.4 Å². The van der Waals surface area contributed by atoms with Crippen LogP contribution in [0.1, 0.15) is 348 Å². The molecule has 0 aromatic rings. The van der Waals surface area contributed by atoms with Gasteiger partial charge in [0.25, 0.3) is 0 Å². The van der Waals surface area contributed by atoms with E-state index in [9.17, 15) is 61.0 Å². The van der Waals surface area contributed by atoms with Gasteiger partial charge < -0.3 is 89.9 Å². The van der Waals surface area contributed by atoms with E-state index in [0.29, 0.717) is 12.8 Å². The lowest BCUT2D eigenvalue weighted by atomic mass is 9.96. The van der Waals surface area contributed by atoms with Gasteiger partial charge in [-0.2, -0.15) is 0 Å². The third kappa shape index (κ3) is 41.7. The molecule has 3 saturated heterocycles. The van der Waals surface area contributed by atoms with Crippen LogP contribution in [0.3, 0.4) is 0 Å². The fourth-order valence-corrected chi connectivity index (χ4v) is 14.2. The molecule has 99 heavy (non-hydrogen) atoms. The molecule has 17 atom stereocenters. The Hall–Kier alpha value is -1.73. The zero-order chi connectivity index (χ0) is 71.8. The minimum absolute atomic E-state index is 0.241. The molecule has 1 amide bonds. The van der Waals surface area contributed by atoms with E-state index in [1.807, 2.05) is 6.08 Å². The number of aliphatic hydroxyl groups is 11. The van der Waals surface area contributed by atoms with Crippen molar-refractivity contribution >= 4 is 5.91 Å². The SMILES string of the molecule is CCCCCCCCCCCCCCCCCCCCCCCCCCCCC/C=C/CC/C=C/C(O)C(COC1OC(CO)C(OC2OC(CO)C(OC3OC(CO)C(O)C(O)C3O)C(O)C2O)C(O)C1O)NC(=O)CCCCCCCCCCCCCCCCCCCCCCC. The molecule has 3 aliphatic heterocycles. The summed E-state index contributed by atoms with van der Waals surface area (Å²) in [7, 11) is 0. The van der Waals surface area contributed by atoms with Crippen LogP contribution in [-0.2, 0) is 33.2 Å². The van der Waals surface area contributed by atoms with Crippen molar-refractivity contribution < 1.29 is 89.4 Å². The molecule has 0 aliphatic carbocycles. The van der Waals surface area contributed by atoms with Gasteiger partial charge in [0.1, 0.15) is 73.2 Å². The lowest BCUT2D eigenvalue weighted by Gasteiger charge is -2.48. The maximum atomic E-state index is 13.5. The van der Waals surface area contributed by atoms with Crippen LogP contribution in [0.4, 0.5) is 0 Å². The van der Waals surface area contributed by atoms with E-state index < -0.39 is 124 Å². The zero-order valence-electron chi connectivity index (χ0n) is 62.5. The number of unbranched alkanes of at least 4 members (excludes halogenated alkanes) is 48. The van der Waals surface area contributed by atoms with E-state index in [-0.39, 0.29) is 18.9 Å². The van der Waals surface area contributed by atoms with Crippen molar-refractivity contribution in [3.8, 4) is 0 Å². The second kappa shape index (κ2) is 61.4. The van der Waals surface area contributed by atoms with Gasteiger partial charge in [0.15, 0.2) is 18.9 Å². The fraction of sp³-hybridized carbons (Fsp3) is 0.938. The predicted octanol–water partition coefficient (Wildman–Crippen LogP) is 13.7. The predicted molar refractivity (Wildman–Crippen MR) is 393 cm³/mol. The van der Waals surface area contributed by atoms with Gasteiger partial charge in [0.05, 0.1) is 38.6 Å². The Morgan fingerprint density at radius 1 is 0.354 bits per heavy atom. The highest BCUT2D eigenvalue weighted by Gasteiger charge is 2.54. The highest BCUT2D eigenvalue weighted by Crippen LogP contribution is 2.33. The summed E-state index contributed by atoms with van der Waals surface area (Å²) in [5.41, 5.74) is 0. The summed E-state index contributed by atoms with van der Waals surface area (Å²) < 4.78 is 34.4. The first-order chi connectivity index (χ1) is 48.3.